The summed E-state index contributed by atoms with van der Waals surface area (Å²) in [7, 11) is 0. The predicted molar refractivity (Wildman–Crippen MR) is 94.2 cm³/mol. The number of carbonyl (C=O) groups is 1. The quantitative estimate of drug-likeness (QED) is 0.680. The van der Waals surface area contributed by atoms with Crippen molar-refractivity contribution in [2.45, 2.75) is 0 Å². The van der Waals surface area contributed by atoms with Crippen LogP contribution in [0.3, 0.4) is 0 Å². The highest BCUT2D eigenvalue weighted by atomic mass is 35.5. The number of aromatic nitrogens is 2. The lowest BCUT2D eigenvalue weighted by atomic mass is 10.1. The molecule has 0 radical (unpaired) electrons. The van der Waals surface area contributed by atoms with Gasteiger partial charge in [-0.25, -0.2) is 9.78 Å². The second-order valence-corrected chi connectivity index (χ2v) is 5.55. The van der Waals surface area contributed by atoms with Crippen molar-refractivity contribution in [2.24, 2.45) is 0 Å². The molecule has 0 amide bonds. The van der Waals surface area contributed by atoms with Crippen LogP contribution in [0.2, 0.25) is 5.02 Å². The number of H-pyrrole nitrogens is 1. The lowest BCUT2D eigenvalue weighted by Crippen LogP contribution is -2.09. The van der Waals surface area contributed by atoms with Crippen molar-refractivity contribution in [3.63, 3.8) is 0 Å². The van der Waals surface area contributed by atoms with E-state index in [2.05, 4.69) is 16.0 Å². The van der Waals surface area contributed by atoms with Gasteiger partial charge in [0, 0.05) is 0 Å². The maximum absolute atomic E-state index is 10.5. The number of hydrogen-bond donors (Lipinski definition) is 2. The van der Waals surface area contributed by atoms with Gasteiger partial charge < -0.3 is 14.8 Å². The molecular formula is C18H12ClN3O3. The van der Waals surface area contributed by atoms with E-state index in [1.807, 2.05) is 24.3 Å². The van der Waals surface area contributed by atoms with Crippen LogP contribution in [-0.2, 0) is 4.79 Å². The summed E-state index contributed by atoms with van der Waals surface area (Å²) in [4.78, 5) is 18.0. The molecule has 1 heterocycles. The molecule has 124 valence electrons. The summed E-state index contributed by atoms with van der Waals surface area (Å²) in [5.74, 6) is -0.355. The molecule has 0 aliphatic rings. The van der Waals surface area contributed by atoms with E-state index < -0.39 is 12.6 Å². The van der Waals surface area contributed by atoms with Crippen LogP contribution in [-0.4, -0.2) is 27.7 Å². The largest absolute Gasteiger partial charge is 0.480 e. The highest BCUT2D eigenvalue weighted by Crippen LogP contribution is 2.27. The first kappa shape index (κ1) is 16.6. The standard InChI is InChI=1S/C18H12ClN3O3/c19-13-8-11(5-6-16(13)25-10-17(23)24)7-12(9-20)18-21-14-3-1-2-4-15(14)22-18/h1-8H,10H2,(H,21,22)(H,23,24). The first-order chi connectivity index (χ1) is 12.1. The van der Waals surface area contributed by atoms with Crippen molar-refractivity contribution in [1.29, 1.82) is 5.26 Å². The van der Waals surface area contributed by atoms with E-state index in [4.69, 9.17) is 21.4 Å². The third-order valence-electron chi connectivity index (χ3n) is 3.38. The van der Waals surface area contributed by atoms with Crippen molar-refractivity contribution in [3.05, 3.63) is 58.9 Å². The number of benzene rings is 2. The van der Waals surface area contributed by atoms with Gasteiger partial charge in [0.25, 0.3) is 0 Å². The molecule has 7 heteroatoms. The molecule has 0 aliphatic carbocycles. The van der Waals surface area contributed by atoms with Crippen LogP contribution in [0.1, 0.15) is 11.4 Å². The van der Waals surface area contributed by atoms with Crippen LogP contribution in [0.4, 0.5) is 0 Å². The topological polar surface area (TPSA) is 99.0 Å². The fourth-order valence-corrected chi connectivity index (χ4v) is 2.51. The zero-order valence-corrected chi connectivity index (χ0v) is 13.6. The van der Waals surface area contributed by atoms with Crippen LogP contribution in [0.25, 0.3) is 22.7 Å². The Labute approximate surface area is 147 Å². The molecule has 3 rings (SSSR count). The number of nitrogens with zero attached hydrogens (tertiary/aromatic N) is 2. The van der Waals surface area contributed by atoms with Gasteiger partial charge in [-0.3, -0.25) is 0 Å². The zero-order chi connectivity index (χ0) is 17.8. The molecular weight excluding hydrogens is 342 g/mol. The van der Waals surface area contributed by atoms with Crippen molar-refractivity contribution in [2.75, 3.05) is 6.61 Å². The SMILES string of the molecule is N#CC(=Cc1ccc(OCC(=O)O)c(Cl)c1)c1nc2ccccc2[nH]1. The Bertz CT molecular complexity index is 985. The van der Waals surface area contributed by atoms with Gasteiger partial charge in [0.05, 0.1) is 21.6 Å². The summed E-state index contributed by atoms with van der Waals surface area (Å²) in [6, 6.07) is 14.5. The molecule has 0 saturated carbocycles. The first-order valence-electron chi connectivity index (χ1n) is 7.28. The number of imidazole rings is 1. The number of hydrogen-bond acceptors (Lipinski definition) is 4. The molecule has 2 N–H and O–H groups in total. The van der Waals surface area contributed by atoms with Gasteiger partial charge in [-0.2, -0.15) is 5.26 Å². The fraction of sp³-hybridized carbons (Fsp3) is 0.0556. The maximum atomic E-state index is 10.5. The minimum absolute atomic E-state index is 0.261. The molecule has 0 unspecified atom stereocenters. The molecule has 0 fully saturated rings. The number of allylic oxidation sites excluding steroid dienone is 1. The molecule has 0 aliphatic heterocycles. The smallest absolute Gasteiger partial charge is 0.341 e. The third kappa shape index (κ3) is 3.79. The van der Waals surface area contributed by atoms with Gasteiger partial charge in [0.2, 0.25) is 0 Å². The number of rotatable bonds is 5. The van der Waals surface area contributed by atoms with Gasteiger partial charge in [0.1, 0.15) is 17.6 Å². The van der Waals surface area contributed by atoms with E-state index in [1.54, 1.807) is 24.3 Å². The van der Waals surface area contributed by atoms with E-state index in [9.17, 15) is 10.1 Å². The molecule has 3 aromatic rings. The number of ether oxygens (including phenoxy) is 1. The summed E-state index contributed by atoms with van der Waals surface area (Å²) in [6.07, 6.45) is 1.64. The fourth-order valence-electron chi connectivity index (χ4n) is 2.26. The predicted octanol–water partition coefficient (Wildman–Crippen LogP) is 3.74. The number of para-hydroxylation sites is 2. The van der Waals surface area contributed by atoms with E-state index in [1.165, 1.54) is 0 Å². The van der Waals surface area contributed by atoms with Crippen LogP contribution < -0.4 is 4.74 Å². The summed E-state index contributed by atoms with van der Waals surface area (Å²) >= 11 is 6.10. The average molecular weight is 354 g/mol. The van der Waals surface area contributed by atoms with Crippen LogP contribution in [0.15, 0.2) is 42.5 Å². The molecule has 6 nitrogen and oxygen atoms in total. The van der Waals surface area contributed by atoms with Gasteiger partial charge in [0.15, 0.2) is 6.61 Å². The van der Waals surface area contributed by atoms with Crippen molar-refractivity contribution >= 4 is 40.3 Å². The molecule has 25 heavy (non-hydrogen) atoms. The Balaban J connectivity index is 1.90. The Morgan fingerprint density at radius 2 is 2.16 bits per heavy atom. The molecule has 1 aromatic heterocycles. The van der Waals surface area contributed by atoms with E-state index in [0.717, 1.165) is 11.0 Å². The molecule has 0 saturated heterocycles. The number of nitriles is 1. The van der Waals surface area contributed by atoms with Crippen molar-refractivity contribution in [3.8, 4) is 11.8 Å². The normalized spacial score (nSPS) is 11.3. The van der Waals surface area contributed by atoms with E-state index in [0.29, 0.717) is 17.0 Å². The number of aliphatic carboxylic acids is 1. The number of aromatic amines is 1. The first-order valence-corrected chi connectivity index (χ1v) is 7.65. The summed E-state index contributed by atoms with van der Waals surface area (Å²) in [6.45, 7) is -0.475. The minimum atomic E-state index is -1.09. The number of fused-ring (bicyclic) bond motifs is 1. The Morgan fingerprint density at radius 3 is 2.84 bits per heavy atom. The number of carboxylic acid groups (broad SMARTS) is 1. The second-order valence-electron chi connectivity index (χ2n) is 5.14. The second kappa shape index (κ2) is 7.07. The third-order valence-corrected chi connectivity index (χ3v) is 3.68. The molecule has 0 atom stereocenters. The van der Waals surface area contributed by atoms with Gasteiger partial charge >= 0.3 is 5.97 Å². The van der Waals surface area contributed by atoms with Crippen molar-refractivity contribution in [1.82, 2.24) is 9.97 Å². The Morgan fingerprint density at radius 1 is 1.36 bits per heavy atom. The van der Waals surface area contributed by atoms with Crippen molar-refractivity contribution < 1.29 is 14.6 Å². The molecule has 2 aromatic carbocycles. The van der Waals surface area contributed by atoms with Gasteiger partial charge in [-0.15, -0.1) is 0 Å². The van der Waals surface area contributed by atoms with Crippen LogP contribution >= 0.6 is 11.6 Å². The summed E-state index contributed by atoms with van der Waals surface area (Å²) in [5.41, 5.74) is 2.64. The minimum Gasteiger partial charge on any atom is -0.480 e. The number of halogens is 1. The Kier molecular flexibility index (Phi) is 4.68. The maximum Gasteiger partial charge on any atom is 0.341 e. The summed E-state index contributed by atoms with van der Waals surface area (Å²) in [5, 5.41) is 18.3. The lowest BCUT2D eigenvalue weighted by Gasteiger charge is -2.06. The molecule has 0 spiro atoms. The van der Waals surface area contributed by atoms with E-state index in [-0.39, 0.29) is 10.8 Å². The number of carboxylic acids is 1. The van der Waals surface area contributed by atoms with Gasteiger partial charge in [-0.05, 0) is 35.9 Å². The lowest BCUT2D eigenvalue weighted by molar-refractivity contribution is -0.139. The Hall–Kier alpha value is -3.30. The van der Waals surface area contributed by atoms with Crippen LogP contribution in [0.5, 0.6) is 5.75 Å². The van der Waals surface area contributed by atoms with Crippen LogP contribution in [0, 0.1) is 11.3 Å². The number of nitrogens with one attached hydrogen (secondary N) is 1. The van der Waals surface area contributed by atoms with Gasteiger partial charge in [-0.1, -0.05) is 29.8 Å². The summed E-state index contributed by atoms with van der Waals surface area (Å²) < 4.78 is 5.07. The average Bonchev–Trinajstić information content (AvgIpc) is 3.02. The highest BCUT2D eigenvalue weighted by Gasteiger charge is 2.09. The zero-order valence-electron chi connectivity index (χ0n) is 12.9. The monoisotopic (exact) mass is 353 g/mol. The highest BCUT2D eigenvalue weighted by molar-refractivity contribution is 6.32. The van der Waals surface area contributed by atoms with E-state index >= 15 is 0 Å². The molecule has 0 bridgehead atoms.